The van der Waals surface area contributed by atoms with E-state index in [1.54, 1.807) is 23.0 Å². The van der Waals surface area contributed by atoms with E-state index in [1.807, 2.05) is 37.4 Å². The maximum Gasteiger partial charge on any atom is 0.253 e. The van der Waals surface area contributed by atoms with Crippen molar-refractivity contribution in [1.29, 1.82) is 0 Å². The Balaban J connectivity index is 2.12. The summed E-state index contributed by atoms with van der Waals surface area (Å²) in [5, 5.41) is 4.98. The Morgan fingerprint density at radius 2 is 2.04 bits per heavy atom. The number of amides is 1. The lowest BCUT2D eigenvalue weighted by molar-refractivity contribution is -0.111. The lowest BCUT2D eigenvalue weighted by atomic mass is 9.96. The smallest absolute Gasteiger partial charge is 0.253 e. The number of pyridine rings is 1. The molecule has 0 radical (unpaired) electrons. The van der Waals surface area contributed by atoms with Crippen LogP contribution in [0.25, 0.3) is 11.1 Å². The molecule has 0 aliphatic heterocycles. The minimum absolute atomic E-state index is 0.0257. The SMILES string of the molecule is C=CC(=O)Nc1ccc(Cc2cc(C)cs2)c(-c2cc(CC)c(=O)n(C)c2)c1. The van der Waals surface area contributed by atoms with E-state index in [2.05, 4.69) is 30.3 Å². The maximum atomic E-state index is 12.3. The number of hydrogen-bond acceptors (Lipinski definition) is 3. The molecule has 5 heteroatoms. The maximum absolute atomic E-state index is 12.3. The van der Waals surface area contributed by atoms with Crippen LogP contribution in [0.4, 0.5) is 5.69 Å². The van der Waals surface area contributed by atoms with Crippen LogP contribution >= 0.6 is 11.3 Å². The van der Waals surface area contributed by atoms with Crippen molar-refractivity contribution in [2.75, 3.05) is 5.32 Å². The number of hydrogen-bond donors (Lipinski definition) is 1. The van der Waals surface area contributed by atoms with Crippen molar-refractivity contribution in [2.24, 2.45) is 7.05 Å². The Morgan fingerprint density at radius 3 is 2.68 bits per heavy atom. The van der Waals surface area contributed by atoms with Crippen molar-refractivity contribution in [3.05, 3.63) is 86.5 Å². The average molecular weight is 393 g/mol. The quantitative estimate of drug-likeness (QED) is 0.618. The molecule has 0 saturated heterocycles. The number of thiophene rings is 1. The number of benzene rings is 1. The zero-order valence-electron chi connectivity index (χ0n) is 16.4. The summed E-state index contributed by atoms with van der Waals surface area (Å²) < 4.78 is 1.63. The van der Waals surface area contributed by atoms with Gasteiger partial charge < -0.3 is 9.88 Å². The molecule has 0 saturated carbocycles. The molecule has 2 heterocycles. The Kier molecular flexibility index (Phi) is 5.95. The Labute approximate surface area is 169 Å². The molecule has 1 amide bonds. The van der Waals surface area contributed by atoms with Gasteiger partial charge >= 0.3 is 0 Å². The molecule has 2 aromatic heterocycles. The molecule has 0 aliphatic rings. The number of anilines is 1. The van der Waals surface area contributed by atoms with Crippen molar-refractivity contribution < 1.29 is 4.79 Å². The van der Waals surface area contributed by atoms with E-state index < -0.39 is 0 Å². The minimum atomic E-state index is -0.248. The van der Waals surface area contributed by atoms with E-state index in [1.165, 1.54) is 16.5 Å². The minimum Gasteiger partial charge on any atom is -0.323 e. The van der Waals surface area contributed by atoms with Gasteiger partial charge in [-0.2, -0.15) is 0 Å². The third-order valence-electron chi connectivity index (χ3n) is 4.66. The number of carbonyl (C=O) groups is 1. The molecule has 3 rings (SSSR count). The van der Waals surface area contributed by atoms with Gasteiger partial charge in [0.1, 0.15) is 0 Å². The summed E-state index contributed by atoms with van der Waals surface area (Å²) in [4.78, 5) is 25.3. The van der Waals surface area contributed by atoms with Crippen LogP contribution < -0.4 is 10.9 Å². The molecule has 0 fully saturated rings. The Morgan fingerprint density at radius 1 is 1.25 bits per heavy atom. The number of nitrogens with zero attached hydrogens (tertiary/aromatic N) is 1. The highest BCUT2D eigenvalue weighted by Crippen LogP contribution is 2.30. The summed E-state index contributed by atoms with van der Waals surface area (Å²) in [6, 6.07) is 10.1. The third kappa shape index (κ3) is 4.31. The fraction of sp³-hybridized carbons (Fsp3) is 0.217. The highest BCUT2D eigenvalue weighted by Gasteiger charge is 2.12. The third-order valence-corrected chi connectivity index (χ3v) is 5.72. The summed E-state index contributed by atoms with van der Waals surface area (Å²) in [6.45, 7) is 7.58. The van der Waals surface area contributed by atoms with Gasteiger partial charge in [-0.1, -0.05) is 19.6 Å². The van der Waals surface area contributed by atoms with Gasteiger partial charge in [-0.15, -0.1) is 11.3 Å². The highest BCUT2D eigenvalue weighted by atomic mass is 32.1. The van der Waals surface area contributed by atoms with Crippen molar-refractivity contribution in [3.63, 3.8) is 0 Å². The van der Waals surface area contributed by atoms with Crippen molar-refractivity contribution in [3.8, 4) is 11.1 Å². The van der Waals surface area contributed by atoms with Gasteiger partial charge in [-0.25, -0.2) is 0 Å². The highest BCUT2D eigenvalue weighted by molar-refractivity contribution is 7.10. The zero-order valence-corrected chi connectivity index (χ0v) is 17.2. The predicted octanol–water partition coefficient (Wildman–Crippen LogP) is 4.70. The number of rotatable bonds is 6. The van der Waals surface area contributed by atoms with Crippen LogP contribution in [0.5, 0.6) is 0 Å². The molecule has 0 spiro atoms. The summed E-state index contributed by atoms with van der Waals surface area (Å²) in [5.41, 5.74) is 5.90. The van der Waals surface area contributed by atoms with Crippen molar-refractivity contribution in [1.82, 2.24) is 4.57 Å². The summed E-state index contributed by atoms with van der Waals surface area (Å²) >= 11 is 1.74. The zero-order chi connectivity index (χ0) is 20.3. The number of aromatic nitrogens is 1. The fourth-order valence-corrected chi connectivity index (χ4v) is 4.12. The van der Waals surface area contributed by atoms with Crippen molar-refractivity contribution in [2.45, 2.75) is 26.7 Å². The van der Waals surface area contributed by atoms with Crippen LogP contribution in [-0.4, -0.2) is 10.5 Å². The van der Waals surface area contributed by atoms with E-state index in [9.17, 15) is 9.59 Å². The van der Waals surface area contributed by atoms with Crippen LogP contribution in [0.3, 0.4) is 0 Å². The Hall–Kier alpha value is -2.92. The van der Waals surface area contributed by atoms with E-state index in [0.29, 0.717) is 12.1 Å². The summed E-state index contributed by atoms with van der Waals surface area (Å²) in [7, 11) is 1.77. The number of aryl methyl sites for hydroxylation is 3. The first kappa shape index (κ1) is 19.8. The number of nitrogens with one attached hydrogen (secondary N) is 1. The van der Waals surface area contributed by atoms with E-state index >= 15 is 0 Å². The van der Waals surface area contributed by atoms with Gasteiger partial charge in [0.2, 0.25) is 5.91 Å². The number of carbonyl (C=O) groups excluding carboxylic acids is 1. The van der Waals surface area contributed by atoms with Crippen LogP contribution in [0, 0.1) is 6.92 Å². The molecule has 4 nitrogen and oxygen atoms in total. The normalized spacial score (nSPS) is 10.7. The van der Waals surface area contributed by atoms with E-state index in [0.717, 1.165) is 28.7 Å². The first-order valence-corrected chi connectivity index (χ1v) is 10.1. The molecule has 0 aliphatic carbocycles. The van der Waals surface area contributed by atoms with Crippen LogP contribution in [0.2, 0.25) is 0 Å². The molecule has 0 unspecified atom stereocenters. The summed E-state index contributed by atoms with van der Waals surface area (Å²) in [6.07, 6.45) is 4.59. The molecule has 0 atom stereocenters. The molecule has 1 N–H and O–H groups in total. The van der Waals surface area contributed by atoms with Gasteiger partial charge in [0.25, 0.3) is 5.56 Å². The van der Waals surface area contributed by atoms with E-state index in [4.69, 9.17) is 0 Å². The first-order valence-electron chi connectivity index (χ1n) is 9.21. The van der Waals surface area contributed by atoms with Crippen LogP contribution in [0.15, 0.2) is 59.4 Å². The topological polar surface area (TPSA) is 51.1 Å². The lowest BCUT2D eigenvalue weighted by Gasteiger charge is -2.14. The first-order chi connectivity index (χ1) is 13.4. The monoisotopic (exact) mass is 392 g/mol. The summed E-state index contributed by atoms with van der Waals surface area (Å²) in [5.74, 6) is -0.248. The second-order valence-electron chi connectivity index (χ2n) is 6.86. The van der Waals surface area contributed by atoms with Gasteiger partial charge in [-0.05, 0) is 71.3 Å². The molecule has 3 aromatic rings. The lowest BCUT2D eigenvalue weighted by Crippen LogP contribution is -2.20. The molecule has 0 bridgehead atoms. The predicted molar refractivity (Wildman–Crippen MR) is 117 cm³/mol. The molecule has 1 aromatic carbocycles. The average Bonchev–Trinajstić information content (AvgIpc) is 3.09. The molecular formula is C23H24N2O2S. The molecule has 28 heavy (non-hydrogen) atoms. The largest absolute Gasteiger partial charge is 0.323 e. The molecular weight excluding hydrogens is 368 g/mol. The fourth-order valence-electron chi connectivity index (χ4n) is 3.22. The Bertz CT molecular complexity index is 1090. The van der Waals surface area contributed by atoms with Crippen LogP contribution in [-0.2, 0) is 24.7 Å². The molecule has 144 valence electrons. The van der Waals surface area contributed by atoms with Gasteiger partial charge in [0.15, 0.2) is 0 Å². The second kappa shape index (κ2) is 8.40. The standard InChI is InChI=1S/C23H24N2O2S/c1-5-16-10-18(13-25(4)23(16)27)21-12-19(24-22(26)6-2)8-7-17(21)11-20-9-15(3)14-28-20/h6-10,12-14H,2,5,11H2,1,3-4H3,(H,24,26). The van der Waals surface area contributed by atoms with Gasteiger partial charge in [-0.3, -0.25) is 9.59 Å². The van der Waals surface area contributed by atoms with E-state index in [-0.39, 0.29) is 11.5 Å². The van der Waals surface area contributed by atoms with Gasteiger partial charge in [0, 0.05) is 35.8 Å². The van der Waals surface area contributed by atoms with Gasteiger partial charge in [0.05, 0.1) is 0 Å². The van der Waals surface area contributed by atoms with Crippen molar-refractivity contribution >= 4 is 22.9 Å². The van der Waals surface area contributed by atoms with Crippen LogP contribution in [0.1, 0.15) is 28.5 Å². The second-order valence-corrected chi connectivity index (χ2v) is 7.85.